The normalized spacial score (nSPS) is 36.8. The minimum absolute atomic E-state index is 0.809. The van der Waals surface area contributed by atoms with Crippen molar-refractivity contribution in [1.82, 2.24) is 10.2 Å². The fraction of sp³-hybridized carbons (Fsp3) is 1.00. The first-order valence-corrected chi connectivity index (χ1v) is 7.20. The minimum Gasteiger partial charge on any atom is -0.313 e. The predicted molar refractivity (Wildman–Crippen MR) is 69.6 cm³/mol. The van der Waals surface area contributed by atoms with E-state index >= 15 is 0 Å². The molecule has 3 unspecified atom stereocenters. The Kier molecular flexibility index (Phi) is 4.66. The molecule has 2 aliphatic rings. The summed E-state index contributed by atoms with van der Waals surface area (Å²) in [5.74, 6) is 1.87. The van der Waals surface area contributed by atoms with E-state index in [0.717, 1.165) is 17.9 Å². The molecular formula is C14H28N2. The second-order valence-electron chi connectivity index (χ2n) is 6.12. The molecule has 0 amide bonds. The first-order valence-electron chi connectivity index (χ1n) is 7.20. The van der Waals surface area contributed by atoms with E-state index in [1.54, 1.807) is 0 Å². The highest BCUT2D eigenvalue weighted by atomic mass is 15.2. The topological polar surface area (TPSA) is 15.3 Å². The molecule has 2 fully saturated rings. The van der Waals surface area contributed by atoms with E-state index in [-0.39, 0.29) is 0 Å². The summed E-state index contributed by atoms with van der Waals surface area (Å²) in [4.78, 5) is 2.62. The molecule has 3 atom stereocenters. The zero-order valence-corrected chi connectivity index (χ0v) is 11.0. The highest BCUT2D eigenvalue weighted by molar-refractivity contribution is 4.77. The van der Waals surface area contributed by atoms with Gasteiger partial charge in [0.05, 0.1) is 0 Å². The third kappa shape index (κ3) is 3.74. The Bertz CT molecular complexity index is 205. The van der Waals surface area contributed by atoms with Crippen LogP contribution >= 0.6 is 0 Å². The number of hydrogen-bond acceptors (Lipinski definition) is 2. The molecule has 1 aliphatic carbocycles. The van der Waals surface area contributed by atoms with E-state index in [0.29, 0.717) is 0 Å². The van der Waals surface area contributed by atoms with Gasteiger partial charge in [-0.2, -0.15) is 0 Å². The second kappa shape index (κ2) is 6.02. The summed E-state index contributed by atoms with van der Waals surface area (Å²) in [7, 11) is 0. The van der Waals surface area contributed by atoms with E-state index in [4.69, 9.17) is 0 Å². The molecule has 1 saturated heterocycles. The van der Waals surface area contributed by atoms with Gasteiger partial charge in [0.1, 0.15) is 0 Å². The van der Waals surface area contributed by atoms with Gasteiger partial charge in [-0.3, -0.25) is 0 Å². The molecule has 0 spiro atoms. The predicted octanol–water partition coefficient (Wildman–Crippen LogP) is 2.50. The first kappa shape index (κ1) is 12.4. The molecule has 1 heterocycles. The van der Waals surface area contributed by atoms with Crippen LogP contribution in [0, 0.1) is 11.8 Å². The fourth-order valence-electron chi connectivity index (χ4n) is 3.28. The van der Waals surface area contributed by atoms with Gasteiger partial charge in [0.2, 0.25) is 0 Å². The maximum Gasteiger partial charge on any atom is 0.0107 e. The van der Waals surface area contributed by atoms with Gasteiger partial charge >= 0.3 is 0 Å². The van der Waals surface area contributed by atoms with Crippen LogP contribution in [0.1, 0.15) is 46.0 Å². The van der Waals surface area contributed by atoms with Gasteiger partial charge in [0.15, 0.2) is 0 Å². The number of nitrogens with zero attached hydrogens (tertiary/aromatic N) is 1. The quantitative estimate of drug-likeness (QED) is 0.789. The smallest absolute Gasteiger partial charge is 0.0107 e. The Hall–Kier alpha value is -0.0800. The van der Waals surface area contributed by atoms with Gasteiger partial charge in [-0.25, -0.2) is 0 Å². The molecule has 0 aromatic heterocycles. The van der Waals surface area contributed by atoms with Crippen LogP contribution < -0.4 is 5.32 Å². The van der Waals surface area contributed by atoms with E-state index < -0.39 is 0 Å². The molecule has 1 saturated carbocycles. The summed E-state index contributed by atoms with van der Waals surface area (Å²) in [5.41, 5.74) is 0. The molecule has 2 heteroatoms. The van der Waals surface area contributed by atoms with Crippen molar-refractivity contribution < 1.29 is 0 Å². The van der Waals surface area contributed by atoms with E-state index in [9.17, 15) is 0 Å². The maximum absolute atomic E-state index is 3.75. The standard InChI is InChI=1S/C14H28N2/c1-12-4-3-5-14(10-12)15-7-9-16-8-6-13(2)11-16/h12-15H,3-11H2,1-2H3. The van der Waals surface area contributed by atoms with Crippen LogP contribution in [0.2, 0.25) is 0 Å². The van der Waals surface area contributed by atoms with Gasteiger partial charge < -0.3 is 10.2 Å². The SMILES string of the molecule is CC1CCCC(NCCN2CCC(C)C2)C1. The highest BCUT2D eigenvalue weighted by Crippen LogP contribution is 2.23. The first-order chi connectivity index (χ1) is 7.74. The van der Waals surface area contributed by atoms with Gasteiger partial charge in [0, 0.05) is 25.7 Å². The van der Waals surface area contributed by atoms with E-state index in [1.807, 2.05) is 0 Å². The monoisotopic (exact) mass is 224 g/mol. The van der Waals surface area contributed by atoms with Crippen LogP contribution in [0.3, 0.4) is 0 Å². The van der Waals surface area contributed by atoms with Crippen molar-refractivity contribution in [3.63, 3.8) is 0 Å². The number of likely N-dealkylation sites (tertiary alicyclic amines) is 1. The molecule has 0 radical (unpaired) electrons. The Morgan fingerprint density at radius 3 is 2.69 bits per heavy atom. The lowest BCUT2D eigenvalue weighted by atomic mass is 9.87. The summed E-state index contributed by atoms with van der Waals surface area (Å²) >= 11 is 0. The second-order valence-corrected chi connectivity index (χ2v) is 6.12. The average Bonchev–Trinajstić information content (AvgIpc) is 2.64. The van der Waals surface area contributed by atoms with Crippen molar-refractivity contribution in [2.24, 2.45) is 11.8 Å². The summed E-state index contributed by atoms with van der Waals surface area (Å²) in [6.45, 7) is 9.87. The van der Waals surface area contributed by atoms with E-state index in [1.165, 1.54) is 58.3 Å². The van der Waals surface area contributed by atoms with E-state index in [2.05, 4.69) is 24.1 Å². The molecule has 16 heavy (non-hydrogen) atoms. The Labute approximate surface area is 101 Å². The zero-order valence-electron chi connectivity index (χ0n) is 11.0. The number of rotatable bonds is 4. The lowest BCUT2D eigenvalue weighted by Gasteiger charge is -2.28. The summed E-state index contributed by atoms with van der Waals surface area (Å²) in [6.07, 6.45) is 7.08. The van der Waals surface area contributed by atoms with Crippen LogP contribution in [0.15, 0.2) is 0 Å². The van der Waals surface area contributed by atoms with Crippen molar-refractivity contribution in [1.29, 1.82) is 0 Å². The molecule has 1 aliphatic heterocycles. The lowest BCUT2D eigenvalue weighted by Crippen LogP contribution is -2.38. The Morgan fingerprint density at radius 2 is 2.00 bits per heavy atom. The van der Waals surface area contributed by atoms with Crippen LogP contribution in [-0.2, 0) is 0 Å². The lowest BCUT2D eigenvalue weighted by molar-refractivity contribution is 0.275. The molecule has 2 rings (SSSR count). The van der Waals surface area contributed by atoms with Crippen LogP contribution in [0.5, 0.6) is 0 Å². The summed E-state index contributed by atoms with van der Waals surface area (Å²) in [5, 5.41) is 3.75. The van der Waals surface area contributed by atoms with Crippen LogP contribution in [-0.4, -0.2) is 37.1 Å². The van der Waals surface area contributed by atoms with Gasteiger partial charge in [0.25, 0.3) is 0 Å². The molecule has 94 valence electrons. The van der Waals surface area contributed by atoms with Gasteiger partial charge in [-0.15, -0.1) is 0 Å². The number of nitrogens with one attached hydrogen (secondary N) is 1. The molecule has 0 aromatic rings. The molecule has 1 N–H and O–H groups in total. The Balaban J connectivity index is 1.57. The fourth-order valence-corrected chi connectivity index (χ4v) is 3.28. The zero-order chi connectivity index (χ0) is 11.4. The highest BCUT2D eigenvalue weighted by Gasteiger charge is 2.20. The van der Waals surface area contributed by atoms with Crippen molar-refractivity contribution in [2.75, 3.05) is 26.2 Å². The summed E-state index contributed by atoms with van der Waals surface area (Å²) in [6, 6.07) is 0.809. The van der Waals surface area contributed by atoms with Gasteiger partial charge in [-0.1, -0.05) is 26.7 Å². The number of hydrogen-bond donors (Lipinski definition) is 1. The van der Waals surface area contributed by atoms with Crippen molar-refractivity contribution in [2.45, 2.75) is 52.0 Å². The maximum atomic E-state index is 3.75. The molecule has 0 bridgehead atoms. The molecule has 0 aromatic carbocycles. The van der Waals surface area contributed by atoms with Crippen molar-refractivity contribution >= 4 is 0 Å². The van der Waals surface area contributed by atoms with Crippen LogP contribution in [0.25, 0.3) is 0 Å². The minimum atomic E-state index is 0.809. The van der Waals surface area contributed by atoms with Crippen molar-refractivity contribution in [3.8, 4) is 0 Å². The third-order valence-corrected chi connectivity index (χ3v) is 4.31. The molecular weight excluding hydrogens is 196 g/mol. The van der Waals surface area contributed by atoms with Crippen molar-refractivity contribution in [3.05, 3.63) is 0 Å². The third-order valence-electron chi connectivity index (χ3n) is 4.31. The summed E-state index contributed by atoms with van der Waals surface area (Å²) < 4.78 is 0. The average molecular weight is 224 g/mol. The molecule has 2 nitrogen and oxygen atoms in total. The van der Waals surface area contributed by atoms with Gasteiger partial charge in [-0.05, 0) is 37.6 Å². The Morgan fingerprint density at radius 1 is 1.12 bits per heavy atom. The van der Waals surface area contributed by atoms with Crippen LogP contribution in [0.4, 0.5) is 0 Å². The largest absolute Gasteiger partial charge is 0.313 e.